The number of amides is 1. The summed E-state index contributed by atoms with van der Waals surface area (Å²) in [5.74, 6) is 6.14. The summed E-state index contributed by atoms with van der Waals surface area (Å²) < 4.78 is 4.48. The van der Waals surface area contributed by atoms with Gasteiger partial charge >= 0.3 is 5.97 Å². The molecule has 0 saturated heterocycles. The molecule has 0 unspecified atom stereocenters. The molecule has 0 atom stereocenters. The van der Waals surface area contributed by atoms with Gasteiger partial charge in [0.25, 0.3) is 0 Å². The van der Waals surface area contributed by atoms with Crippen molar-refractivity contribution >= 4 is 23.6 Å². The van der Waals surface area contributed by atoms with Crippen LogP contribution in [0.15, 0.2) is 0 Å². The maximum atomic E-state index is 10.7. The van der Waals surface area contributed by atoms with Crippen molar-refractivity contribution in [2.45, 2.75) is 19.3 Å². The van der Waals surface area contributed by atoms with Crippen molar-refractivity contribution in [1.29, 1.82) is 0 Å². The molecule has 1 amide bonds. The molecule has 14 heavy (non-hydrogen) atoms. The Hall–Kier alpha value is -0.750. The Morgan fingerprint density at radius 1 is 1.36 bits per heavy atom. The van der Waals surface area contributed by atoms with Gasteiger partial charge in [0, 0.05) is 12.2 Å². The van der Waals surface area contributed by atoms with Crippen molar-refractivity contribution in [3.63, 3.8) is 0 Å². The third-order valence-corrected chi connectivity index (χ3v) is 2.60. The van der Waals surface area contributed by atoms with Crippen LogP contribution in [0.4, 0.5) is 0 Å². The van der Waals surface area contributed by atoms with Gasteiger partial charge in [-0.25, -0.2) is 5.84 Å². The molecule has 0 aliphatic carbocycles. The largest absolute Gasteiger partial charge is 0.469 e. The minimum Gasteiger partial charge on any atom is -0.469 e. The van der Waals surface area contributed by atoms with Crippen molar-refractivity contribution in [3.8, 4) is 0 Å². The van der Waals surface area contributed by atoms with Crippen LogP contribution in [-0.4, -0.2) is 30.5 Å². The monoisotopic (exact) mass is 220 g/mol. The number of carbonyl (C=O) groups excluding carboxylic acids is 2. The Morgan fingerprint density at radius 2 is 2.07 bits per heavy atom. The summed E-state index contributed by atoms with van der Waals surface area (Å²) in [6.07, 6.45) is 1.63. The smallest absolute Gasteiger partial charge is 0.306 e. The summed E-state index contributed by atoms with van der Waals surface area (Å²) in [7, 11) is 1.37. The van der Waals surface area contributed by atoms with Crippen LogP contribution in [0.3, 0.4) is 0 Å². The molecule has 0 saturated carbocycles. The average Bonchev–Trinajstić information content (AvgIpc) is 2.22. The normalized spacial score (nSPS) is 9.57. The van der Waals surface area contributed by atoms with Crippen LogP contribution in [0.1, 0.15) is 19.3 Å². The van der Waals surface area contributed by atoms with E-state index in [0.29, 0.717) is 12.8 Å². The summed E-state index contributed by atoms with van der Waals surface area (Å²) in [4.78, 5) is 21.4. The van der Waals surface area contributed by atoms with Gasteiger partial charge in [0.05, 0.1) is 13.5 Å². The number of rotatable bonds is 7. The summed E-state index contributed by atoms with van der Waals surface area (Å²) in [5, 5.41) is 0. The van der Waals surface area contributed by atoms with Gasteiger partial charge in [0.2, 0.25) is 5.91 Å². The molecule has 0 bridgehead atoms. The van der Waals surface area contributed by atoms with E-state index in [1.807, 2.05) is 0 Å². The molecule has 0 heterocycles. The summed E-state index contributed by atoms with van der Waals surface area (Å²) >= 11 is 1.63. The van der Waals surface area contributed by atoms with Gasteiger partial charge in [-0.2, -0.15) is 11.8 Å². The fourth-order valence-corrected chi connectivity index (χ4v) is 1.63. The molecule has 0 aromatic carbocycles. The molecule has 0 spiro atoms. The van der Waals surface area contributed by atoms with Crippen molar-refractivity contribution < 1.29 is 14.3 Å². The molecule has 3 N–H and O–H groups in total. The van der Waals surface area contributed by atoms with Gasteiger partial charge in [0.15, 0.2) is 0 Å². The van der Waals surface area contributed by atoms with E-state index < -0.39 is 0 Å². The molecule has 6 heteroatoms. The topological polar surface area (TPSA) is 81.4 Å². The molecule has 0 aliphatic rings. The van der Waals surface area contributed by atoms with Crippen LogP contribution in [-0.2, 0) is 14.3 Å². The Kier molecular flexibility index (Phi) is 8.36. The number of hydrazine groups is 1. The van der Waals surface area contributed by atoms with Crippen LogP contribution in [0.5, 0.6) is 0 Å². The Labute approximate surface area is 87.7 Å². The minimum atomic E-state index is -0.197. The first-order valence-electron chi connectivity index (χ1n) is 4.34. The summed E-state index contributed by atoms with van der Waals surface area (Å²) in [6.45, 7) is 0. The number of thioether (sulfide) groups is 1. The highest BCUT2D eigenvalue weighted by atomic mass is 32.2. The molecule has 0 aromatic rings. The zero-order valence-corrected chi connectivity index (χ0v) is 9.06. The second-order valence-electron chi connectivity index (χ2n) is 2.61. The highest BCUT2D eigenvalue weighted by Gasteiger charge is 2.00. The predicted molar refractivity (Wildman–Crippen MR) is 55.5 cm³/mol. The highest BCUT2D eigenvalue weighted by Crippen LogP contribution is 2.06. The first-order valence-corrected chi connectivity index (χ1v) is 5.50. The fraction of sp³-hybridized carbons (Fsp3) is 0.750. The van der Waals surface area contributed by atoms with Crippen LogP contribution < -0.4 is 11.3 Å². The van der Waals surface area contributed by atoms with Gasteiger partial charge in [-0.05, 0) is 12.2 Å². The average molecular weight is 220 g/mol. The lowest BCUT2D eigenvalue weighted by Crippen LogP contribution is -2.29. The van der Waals surface area contributed by atoms with E-state index in [9.17, 15) is 9.59 Å². The van der Waals surface area contributed by atoms with Crippen LogP contribution in [0.2, 0.25) is 0 Å². The van der Waals surface area contributed by atoms with Gasteiger partial charge in [-0.1, -0.05) is 0 Å². The zero-order chi connectivity index (χ0) is 10.8. The first-order chi connectivity index (χ1) is 6.70. The molecule has 0 rings (SSSR count). The standard InChI is InChI=1S/C8H16N2O3S/c1-13-8(12)4-6-14-5-2-3-7(11)10-9/h2-6,9H2,1H3,(H,10,11). The second kappa shape index (κ2) is 8.83. The third kappa shape index (κ3) is 7.88. The van der Waals surface area contributed by atoms with Gasteiger partial charge in [-0.3, -0.25) is 15.0 Å². The lowest BCUT2D eigenvalue weighted by Gasteiger charge is -2.00. The molecule has 82 valence electrons. The minimum absolute atomic E-state index is 0.154. The van der Waals surface area contributed by atoms with Crippen molar-refractivity contribution in [2.75, 3.05) is 18.6 Å². The van der Waals surface area contributed by atoms with Crippen LogP contribution in [0.25, 0.3) is 0 Å². The van der Waals surface area contributed by atoms with Gasteiger partial charge < -0.3 is 4.74 Å². The molecule has 5 nitrogen and oxygen atoms in total. The fourth-order valence-electron chi connectivity index (χ4n) is 0.767. The summed E-state index contributed by atoms with van der Waals surface area (Å²) in [5.41, 5.74) is 2.06. The van der Waals surface area contributed by atoms with E-state index >= 15 is 0 Å². The Balaban J connectivity index is 3.14. The van der Waals surface area contributed by atoms with E-state index in [2.05, 4.69) is 10.2 Å². The molecule has 0 aromatic heterocycles. The number of hydrogen-bond acceptors (Lipinski definition) is 5. The number of carbonyl (C=O) groups is 2. The Morgan fingerprint density at radius 3 is 2.64 bits per heavy atom. The van der Waals surface area contributed by atoms with Crippen LogP contribution >= 0.6 is 11.8 Å². The molecular formula is C8H16N2O3S. The number of ether oxygens (including phenoxy) is 1. The van der Waals surface area contributed by atoms with E-state index in [0.717, 1.165) is 17.9 Å². The van der Waals surface area contributed by atoms with Gasteiger partial charge in [-0.15, -0.1) is 0 Å². The van der Waals surface area contributed by atoms with E-state index in [-0.39, 0.29) is 11.9 Å². The molecule has 0 aliphatic heterocycles. The number of nitrogens with one attached hydrogen (secondary N) is 1. The zero-order valence-electron chi connectivity index (χ0n) is 8.25. The van der Waals surface area contributed by atoms with E-state index in [1.54, 1.807) is 11.8 Å². The quantitative estimate of drug-likeness (QED) is 0.208. The molecular weight excluding hydrogens is 204 g/mol. The highest BCUT2D eigenvalue weighted by molar-refractivity contribution is 7.99. The number of nitrogens with two attached hydrogens (primary N) is 1. The Bertz CT molecular complexity index is 167. The van der Waals surface area contributed by atoms with Crippen molar-refractivity contribution in [1.82, 2.24) is 5.43 Å². The van der Waals surface area contributed by atoms with Gasteiger partial charge in [0.1, 0.15) is 0 Å². The lowest BCUT2D eigenvalue weighted by atomic mass is 10.3. The lowest BCUT2D eigenvalue weighted by molar-refractivity contribution is -0.140. The number of esters is 1. The third-order valence-electron chi connectivity index (χ3n) is 1.53. The van der Waals surface area contributed by atoms with Crippen molar-refractivity contribution in [2.24, 2.45) is 5.84 Å². The van der Waals surface area contributed by atoms with Crippen molar-refractivity contribution in [3.05, 3.63) is 0 Å². The number of hydrogen-bond donors (Lipinski definition) is 2. The van der Waals surface area contributed by atoms with E-state index in [1.165, 1.54) is 7.11 Å². The van der Waals surface area contributed by atoms with Crippen LogP contribution in [0, 0.1) is 0 Å². The first kappa shape index (κ1) is 13.2. The SMILES string of the molecule is COC(=O)CCSCCCC(=O)NN. The predicted octanol–water partition coefficient (Wildman–Crippen LogP) is 0.0528. The second-order valence-corrected chi connectivity index (χ2v) is 3.83. The maximum absolute atomic E-state index is 10.7. The molecule has 0 radical (unpaired) electrons. The summed E-state index contributed by atoms with van der Waals surface area (Å²) in [6, 6.07) is 0. The number of methoxy groups -OCH3 is 1. The maximum Gasteiger partial charge on any atom is 0.306 e. The molecule has 0 fully saturated rings. The van der Waals surface area contributed by atoms with E-state index in [4.69, 9.17) is 5.84 Å².